The fraction of sp³-hybridized carbons (Fsp3) is 0.300. The molecule has 198 valence electrons. The van der Waals surface area contributed by atoms with Gasteiger partial charge in [-0.05, 0) is 33.7 Å². The van der Waals surface area contributed by atoms with Crippen molar-refractivity contribution in [2.24, 2.45) is 5.92 Å². The van der Waals surface area contributed by atoms with Crippen molar-refractivity contribution in [2.75, 3.05) is 13.2 Å². The van der Waals surface area contributed by atoms with E-state index in [9.17, 15) is 19.5 Å². The molecular weight excluding hydrogens is 486 g/mol. The molecule has 0 spiro atoms. The third-order valence-electron chi connectivity index (χ3n) is 6.42. The van der Waals surface area contributed by atoms with Crippen molar-refractivity contribution in [3.63, 3.8) is 0 Å². The van der Waals surface area contributed by atoms with Crippen molar-refractivity contribution in [3.8, 4) is 11.1 Å². The summed E-state index contributed by atoms with van der Waals surface area (Å²) in [5, 5.41) is 12.6. The van der Waals surface area contributed by atoms with Gasteiger partial charge in [-0.15, -0.1) is 0 Å². The van der Waals surface area contributed by atoms with Gasteiger partial charge < -0.3 is 24.6 Å². The molecule has 38 heavy (non-hydrogen) atoms. The van der Waals surface area contributed by atoms with Crippen LogP contribution in [0.4, 0.5) is 4.79 Å². The molecular formula is C30H31NO7. The molecule has 0 saturated heterocycles. The lowest BCUT2D eigenvalue weighted by molar-refractivity contribution is -0.163. The van der Waals surface area contributed by atoms with Crippen molar-refractivity contribution in [2.45, 2.75) is 38.5 Å². The quantitative estimate of drug-likeness (QED) is 0.306. The Morgan fingerprint density at radius 1 is 0.789 bits per heavy atom. The first-order valence-electron chi connectivity index (χ1n) is 12.5. The van der Waals surface area contributed by atoms with Crippen LogP contribution in [0.5, 0.6) is 0 Å². The Kier molecular flexibility index (Phi) is 8.76. The summed E-state index contributed by atoms with van der Waals surface area (Å²) in [4.78, 5) is 37.3. The van der Waals surface area contributed by atoms with E-state index in [4.69, 9.17) is 14.2 Å². The number of rotatable bonds is 10. The highest BCUT2D eigenvalue weighted by Crippen LogP contribution is 2.44. The van der Waals surface area contributed by atoms with E-state index >= 15 is 0 Å². The Labute approximate surface area is 221 Å². The first-order chi connectivity index (χ1) is 18.3. The van der Waals surface area contributed by atoms with Crippen molar-refractivity contribution >= 4 is 18.0 Å². The fourth-order valence-electron chi connectivity index (χ4n) is 4.41. The van der Waals surface area contributed by atoms with Gasteiger partial charge in [0.15, 0.2) is 6.10 Å². The molecule has 0 bridgehead atoms. The van der Waals surface area contributed by atoms with E-state index in [-0.39, 0.29) is 25.0 Å². The Hall–Kier alpha value is -4.17. The first kappa shape index (κ1) is 26.9. The highest BCUT2D eigenvalue weighted by Gasteiger charge is 2.31. The molecule has 0 fully saturated rings. The van der Waals surface area contributed by atoms with Crippen LogP contribution in [-0.4, -0.2) is 48.5 Å². The number of esters is 2. The number of ether oxygens (including phenoxy) is 3. The molecule has 0 saturated carbocycles. The maximum atomic E-state index is 12.7. The van der Waals surface area contributed by atoms with Crippen molar-refractivity contribution in [3.05, 3.63) is 95.6 Å². The van der Waals surface area contributed by atoms with Crippen LogP contribution < -0.4 is 5.32 Å². The summed E-state index contributed by atoms with van der Waals surface area (Å²) in [6, 6.07) is 24.0. The number of aliphatic hydroxyl groups excluding tert-OH is 1. The molecule has 0 aromatic heterocycles. The minimum absolute atomic E-state index is 0.0113. The second kappa shape index (κ2) is 12.4. The summed E-state index contributed by atoms with van der Waals surface area (Å²) in [5.41, 5.74) is 5.14. The van der Waals surface area contributed by atoms with Crippen molar-refractivity contribution < 1.29 is 33.7 Å². The number of carbonyl (C=O) groups is 3. The summed E-state index contributed by atoms with van der Waals surface area (Å²) in [7, 11) is 0. The van der Waals surface area contributed by atoms with Crippen LogP contribution in [0, 0.1) is 5.92 Å². The molecule has 0 radical (unpaired) electrons. The molecule has 2 atom stereocenters. The van der Waals surface area contributed by atoms with Crippen LogP contribution in [0.3, 0.4) is 0 Å². The van der Waals surface area contributed by atoms with Gasteiger partial charge in [0, 0.05) is 5.92 Å². The van der Waals surface area contributed by atoms with Gasteiger partial charge in [0.1, 0.15) is 25.9 Å². The third-order valence-corrected chi connectivity index (χ3v) is 6.42. The summed E-state index contributed by atoms with van der Waals surface area (Å²) < 4.78 is 15.7. The van der Waals surface area contributed by atoms with Gasteiger partial charge in [-0.1, -0.05) is 92.7 Å². The zero-order valence-electron chi connectivity index (χ0n) is 21.3. The highest BCUT2D eigenvalue weighted by molar-refractivity contribution is 5.83. The molecule has 1 amide bonds. The molecule has 0 aliphatic heterocycles. The highest BCUT2D eigenvalue weighted by atomic mass is 16.6. The van der Waals surface area contributed by atoms with Crippen LogP contribution in [0.25, 0.3) is 11.1 Å². The summed E-state index contributed by atoms with van der Waals surface area (Å²) in [5.74, 6) is -2.14. The van der Waals surface area contributed by atoms with Crippen molar-refractivity contribution in [1.29, 1.82) is 0 Å². The van der Waals surface area contributed by atoms with E-state index < -0.39 is 36.8 Å². The Bertz CT molecular complexity index is 1230. The maximum Gasteiger partial charge on any atom is 0.407 e. The number of fused-ring (bicyclic) bond motifs is 3. The number of amides is 1. The minimum Gasteiger partial charge on any atom is -0.461 e. The van der Waals surface area contributed by atoms with E-state index in [0.29, 0.717) is 0 Å². The van der Waals surface area contributed by atoms with E-state index in [0.717, 1.165) is 27.8 Å². The predicted molar refractivity (Wildman–Crippen MR) is 140 cm³/mol. The molecule has 1 aliphatic carbocycles. The van der Waals surface area contributed by atoms with Crippen LogP contribution in [0.15, 0.2) is 78.9 Å². The number of benzene rings is 3. The van der Waals surface area contributed by atoms with E-state index in [1.165, 1.54) is 0 Å². The number of hydrogen-bond acceptors (Lipinski definition) is 7. The lowest BCUT2D eigenvalue weighted by atomic mass is 9.98. The normalized spacial score (nSPS) is 13.7. The van der Waals surface area contributed by atoms with Gasteiger partial charge in [-0.3, -0.25) is 0 Å². The molecule has 1 aliphatic rings. The molecule has 3 aromatic rings. The van der Waals surface area contributed by atoms with Crippen LogP contribution in [0.1, 0.15) is 36.5 Å². The monoisotopic (exact) mass is 517 g/mol. The zero-order chi connectivity index (χ0) is 27.1. The van der Waals surface area contributed by atoms with Crippen molar-refractivity contribution in [1.82, 2.24) is 5.32 Å². The van der Waals surface area contributed by atoms with Crippen LogP contribution in [0.2, 0.25) is 0 Å². The second-order valence-electron chi connectivity index (χ2n) is 9.43. The van der Waals surface area contributed by atoms with Gasteiger partial charge in [0.05, 0.1) is 0 Å². The predicted octanol–water partition coefficient (Wildman–Crippen LogP) is 4.20. The molecule has 1 unspecified atom stereocenters. The average Bonchev–Trinajstić information content (AvgIpc) is 3.26. The van der Waals surface area contributed by atoms with Crippen LogP contribution >= 0.6 is 0 Å². The van der Waals surface area contributed by atoms with E-state index in [2.05, 4.69) is 5.32 Å². The van der Waals surface area contributed by atoms with Gasteiger partial charge in [0.2, 0.25) is 0 Å². The largest absolute Gasteiger partial charge is 0.461 e. The number of nitrogens with one attached hydrogen (secondary N) is 1. The molecule has 0 heterocycles. The van der Waals surface area contributed by atoms with Crippen LogP contribution in [-0.2, 0) is 30.4 Å². The summed E-state index contributed by atoms with van der Waals surface area (Å²) >= 11 is 0. The minimum atomic E-state index is -1.65. The number of carbonyl (C=O) groups excluding carboxylic acids is 3. The Balaban J connectivity index is 1.28. The Morgan fingerprint density at radius 3 is 1.97 bits per heavy atom. The summed E-state index contributed by atoms with van der Waals surface area (Å²) in [6.45, 7) is 2.97. The molecule has 8 heteroatoms. The lowest BCUT2D eigenvalue weighted by Gasteiger charge is -2.22. The third kappa shape index (κ3) is 6.39. The topological polar surface area (TPSA) is 111 Å². The van der Waals surface area contributed by atoms with Gasteiger partial charge in [0.25, 0.3) is 0 Å². The van der Waals surface area contributed by atoms with Gasteiger partial charge in [-0.2, -0.15) is 0 Å². The Morgan fingerprint density at radius 2 is 1.37 bits per heavy atom. The maximum absolute atomic E-state index is 12.7. The molecule has 8 nitrogen and oxygen atoms in total. The summed E-state index contributed by atoms with van der Waals surface area (Å²) in [6.07, 6.45) is -2.41. The number of alkyl carbamates (subject to hydrolysis) is 1. The number of hydrogen-bond donors (Lipinski definition) is 2. The van der Waals surface area contributed by atoms with Gasteiger partial charge in [-0.25, -0.2) is 14.4 Å². The average molecular weight is 518 g/mol. The molecule has 2 N–H and O–H groups in total. The standard InChI is InChI=1S/C30H31NO7/c1-19(2)27(29(34)37-18-26(32)28(33)36-16-20-10-4-3-5-11-20)31-30(35)38-17-25-23-14-8-6-12-21(23)22-13-7-9-15-24(22)25/h3-15,19,25-27,32H,16-18H2,1-2H3,(H,31,35)/t26?,27-/m0/s1. The van der Waals surface area contributed by atoms with E-state index in [1.807, 2.05) is 54.6 Å². The smallest absolute Gasteiger partial charge is 0.407 e. The zero-order valence-corrected chi connectivity index (χ0v) is 21.3. The SMILES string of the molecule is CC(C)[C@H](NC(=O)OCC1c2ccccc2-c2ccccc21)C(=O)OCC(O)C(=O)OCc1ccccc1. The fourth-order valence-corrected chi connectivity index (χ4v) is 4.41. The number of aliphatic hydroxyl groups is 1. The lowest BCUT2D eigenvalue weighted by Crippen LogP contribution is -2.46. The first-order valence-corrected chi connectivity index (χ1v) is 12.5. The second-order valence-corrected chi connectivity index (χ2v) is 9.43. The van der Waals surface area contributed by atoms with E-state index in [1.54, 1.807) is 38.1 Å². The molecule has 3 aromatic carbocycles. The van der Waals surface area contributed by atoms with Gasteiger partial charge >= 0.3 is 18.0 Å². The molecule has 4 rings (SSSR count).